The molecule has 0 aromatic carbocycles. The van der Waals surface area contributed by atoms with Gasteiger partial charge in [0.2, 0.25) is 0 Å². The Labute approximate surface area is 173 Å². The Hall–Kier alpha value is 0.0569. The third-order valence-corrected chi connectivity index (χ3v) is 11.7. The second-order valence-corrected chi connectivity index (χ2v) is 16.8. The number of fused-ring (bicyclic) bond motifs is 2. The smallest absolute Gasteiger partial charge is 0.174 e. The molecule has 162 valence electrons. The van der Waals surface area contributed by atoms with Crippen LogP contribution in [0.5, 0.6) is 0 Å². The Bertz CT molecular complexity index is 559. The lowest BCUT2D eigenvalue weighted by molar-refractivity contribution is -0.361. The molecule has 0 bridgehead atoms. The van der Waals surface area contributed by atoms with E-state index in [1.165, 1.54) is 32.1 Å². The fourth-order valence-corrected chi connectivity index (χ4v) is 7.83. The molecule has 0 aromatic heterocycles. The number of hydrogen-bond donors (Lipinski definition) is 0. The van der Waals surface area contributed by atoms with Crippen molar-refractivity contribution in [3.8, 4) is 0 Å². The average Bonchev–Trinajstić information content (AvgIpc) is 3.12. The summed E-state index contributed by atoms with van der Waals surface area (Å²) < 4.78 is 26.0. The van der Waals surface area contributed by atoms with Gasteiger partial charge in [0.15, 0.2) is 11.6 Å². The zero-order valence-electron chi connectivity index (χ0n) is 18.9. The number of hydrogen-bond acceptors (Lipinski definition) is 4. The summed E-state index contributed by atoms with van der Waals surface area (Å²) in [5.74, 6) is -0.753. The van der Waals surface area contributed by atoms with E-state index in [-0.39, 0.29) is 22.4 Å². The molecular weight excluding hydrogens is 368 g/mol. The zero-order chi connectivity index (χ0) is 20.1. The van der Waals surface area contributed by atoms with Crippen LogP contribution in [0.15, 0.2) is 0 Å². The fourth-order valence-electron chi connectivity index (χ4n) is 6.66. The van der Waals surface area contributed by atoms with Gasteiger partial charge in [0.1, 0.15) is 0 Å². The lowest BCUT2D eigenvalue weighted by Gasteiger charge is -2.65. The van der Waals surface area contributed by atoms with Gasteiger partial charge in [-0.05, 0) is 31.1 Å². The van der Waals surface area contributed by atoms with Crippen LogP contribution < -0.4 is 0 Å². The first-order valence-corrected chi connectivity index (χ1v) is 15.3. The van der Waals surface area contributed by atoms with Crippen LogP contribution in [0.4, 0.5) is 0 Å². The Kier molecular flexibility index (Phi) is 5.58. The van der Waals surface area contributed by atoms with E-state index in [1.807, 2.05) is 0 Å². The molecule has 0 amide bonds. The molecule has 2 atom stereocenters. The average molecular weight is 411 g/mol. The minimum absolute atomic E-state index is 0.0531. The molecule has 2 aliphatic heterocycles. The van der Waals surface area contributed by atoms with Gasteiger partial charge in [-0.15, -0.1) is 0 Å². The Balaban J connectivity index is 1.61. The number of ether oxygens (including phenoxy) is 4. The standard InChI is InChI=1S/C23H42O4Si/c1-6-7-9-21-10-8-11-23(24-14-15-25-23)20(21,2)12-13-22(18-21)26-16-19(17-27-22)28(3,4)5/h19H,6-18H2,1-5H3/t19?,20-,21+,22?/m1/s1. The third-order valence-electron chi connectivity index (χ3n) is 8.87. The van der Waals surface area contributed by atoms with E-state index in [0.29, 0.717) is 5.54 Å². The molecule has 4 rings (SSSR count). The van der Waals surface area contributed by atoms with Crippen molar-refractivity contribution in [3.63, 3.8) is 0 Å². The van der Waals surface area contributed by atoms with Crippen LogP contribution in [0, 0.1) is 10.8 Å². The minimum Gasteiger partial charge on any atom is -0.350 e. The predicted molar refractivity (Wildman–Crippen MR) is 114 cm³/mol. The van der Waals surface area contributed by atoms with Gasteiger partial charge in [0.25, 0.3) is 0 Å². The van der Waals surface area contributed by atoms with Crippen molar-refractivity contribution in [1.82, 2.24) is 0 Å². The van der Waals surface area contributed by atoms with E-state index in [2.05, 4.69) is 33.5 Å². The first kappa shape index (κ1) is 21.3. The molecule has 0 unspecified atom stereocenters. The molecule has 2 saturated carbocycles. The molecule has 4 fully saturated rings. The SMILES string of the molecule is CCCC[C@@]12CCCC3(OCCO3)[C@]1(C)CCC1(C2)OCC([Si](C)(C)C)CO1. The van der Waals surface area contributed by atoms with E-state index in [0.717, 1.165) is 52.1 Å². The summed E-state index contributed by atoms with van der Waals surface area (Å²) in [6, 6.07) is 0. The first-order chi connectivity index (χ1) is 13.2. The molecule has 2 spiro atoms. The van der Waals surface area contributed by atoms with Gasteiger partial charge in [0, 0.05) is 30.2 Å². The molecule has 0 aromatic rings. The molecule has 4 aliphatic rings. The lowest BCUT2D eigenvalue weighted by atomic mass is 9.46. The third kappa shape index (κ3) is 3.24. The van der Waals surface area contributed by atoms with E-state index in [4.69, 9.17) is 18.9 Å². The van der Waals surface area contributed by atoms with Crippen LogP contribution in [0.2, 0.25) is 25.2 Å². The van der Waals surface area contributed by atoms with Crippen molar-refractivity contribution in [1.29, 1.82) is 0 Å². The lowest BCUT2D eigenvalue weighted by Crippen LogP contribution is -2.66. The fraction of sp³-hybridized carbons (Fsp3) is 1.00. The maximum absolute atomic E-state index is 6.63. The number of unbranched alkanes of at least 4 members (excludes halogenated alkanes) is 1. The highest BCUT2D eigenvalue weighted by molar-refractivity contribution is 6.77. The summed E-state index contributed by atoms with van der Waals surface area (Å²) in [5.41, 5.74) is 0.852. The molecule has 0 radical (unpaired) electrons. The van der Waals surface area contributed by atoms with Gasteiger partial charge in [-0.25, -0.2) is 0 Å². The molecular formula is C23H42O4Si. The summed E-state index contributed by atoms with van der Waals surface area (Å²) in [6.07, 6.45) is 10.3. The maximum atomic E-state index is 6.63. The molecule has 2 heterocycles. The van der Waals surface area contributed by atoms with Crippen LogP contribution >= 0.6 is 0 Å². The van der Waals surface area contributed by atoms with Gasteiger partial charge in [0.05, 0.1) is 34.5 Å². The summed E-state index contributed by atoms with van der Waals surface area (Å²) >= 11 is 0. The zero-order valence-corrected chi connectivity index (χ0v) is 19.9. The largest absolute Gasteiger partial charge is 0.350 e. The van der Waals surface area contributed by atoms with Crippen molar-refractivity contribution in [2.24, 2.45) is 10.8 Å². The monoisotopic (exact) mass is 410 g/mol. The molecule has 28 heavy (non-hydrogen) atoms. The van der Waals surface area contributed by atoms with E-state index in [1.54, 1.807) is 0 Å². The van der Waals surface area contributed by atoms with E-state index in [9.17, 15) is 0 Å². The van der Waals surface area contributed by atoms with Crippen molar-refractivity contribution in [3.05, 3.63) is 0 Å². The van der Waals surface area contributed by atoms with Gasteiger partial charge < -0.3 is 18.9 Å². The minimum atomic E-state index is -1.24. The summed E-state index contributed by atoms with van der Waals surface area (Å²) in [4.78, 5) is 0. The Morgan fingerprint density at radius 1 is 0.893 bits per heavy atom. The highest BCUT2D eigenvalue weighted by Crippen LogP contribution is 2.69. The molecule has 2 aliphatic carbocycles. The van der Waals surface area contributed by atoms with Crippen molar-refractivity contribution in [2.45, 2.75) is 108 Å². The maximum Gasteiger partial charge on any atom is 0.174 e. The first-order valence-electron chi connectivity index (χ1n) is 11.8. The quantitative estimate of drug-likeness (QED) is 0.554. The van der Waals surface area contributed by atoms with Crippen molar-refractivity contribution < 1.29 is 18.9 Å². The van der Waals surface area contributed by atoms with Gasteiger partial charge in [-0.3, -0.25) is 0 Å². The molecule has 4 nitrogen and oxygen atoms in total. The molecule has 2 saturated heterocycles. The van der Waals surface area contributed by atoms with Gasteiger partial charge in [-0.2, -0.15) is 0 Å². The Morgan fingerprint density at radius 3 is 2.18 bits per heavy atom. The van der Waals surface area contributed by atoms with Crippen LogP contribution in [0.1, 0.15) is 71.6 Å². The van der Waals surface area contributed by atoms with Crippen LogP contribution in [-0.2, 0) is 18.9 Å². The van der Waals surface area contributed by atoms with E-state index >= 15 is 0 Å². The highest BCUT2D eigenvalue weighted by Gasteiger charge is 2.69. The topological polar surface area (TPSA) is 36.9 Å². The van der Waals surface area contributed by atoms with E-state index < -0.39 is 8.07 Å². The highest BCUT2D eigenvalue weighted by atomic mass is 28.3. The van der Waals surface area contributed by atoms with Crippen LogP contribution in [0.3, 0.4) is 0 Å². The van der Waals surface area contributed by atoms with Crippen LogP contribution in [-0.4, -0.2) is 46.1 Å². The predicted octanol–water partition coefficient (Wildman–Crippen LogP) is 5.73. The summed E-state index contributed by atoms with van der Waals surface area (Å²) in [5, 5.41) is 0. The van der Waals surface area contributed by atoms with Gasteiger partial charge in [-0.1, -0.05) is 46.3 Å². The van der Waals surface area contributed by atoms with Crippen molar-refractivity contribution >= 4 is 8.07 Å². The molecule has 5 heteroatoms. The Morgan fingerprint density at radius 2 is 1.57 bits per heavy atom. The summed E-state index contributed by atoms with van der Waals surface area (Å²) in [7, 11) is -1.24. The molecule has 0 N–H and O–H groups in total. The normalized spacial score (nSPS) is 43.4. The second-order valence-electron chi connectivity index (χ2n) is 11.3. The van der Waals surface area contributed by atoms with Crippen LogP contribution in [0.25, 0.3) is 0 Å². The van der Waals surface area contributed by atoms with Crippen molar-refractivity contribution in [2.75, 3.05) is 26.4 Å². The number of rotatable bonds is 4. The summed E-state index contributed by atoms with van der Waals surface area (Å²) in [6.45, 7) is 15.3. The van der Waals surface area contributed by atoms with Gasteiger partial charge >= 0.3 is 0 Å². The second kappa shape index (κ2) is 7.33.